The van der Waals surface area contributed by atoms with Gasteiger partial charge in [-0.05, 0) is 12.5 Å². The van der Waals surface area contributed by atoms with Crippen LogP contribution in [0.1, 0.15) is 6.42 Å². The van der Waals surface area contributed by atoms with E-state index in [-0.39, 0.29) is 16.4 Å². The highest BCUT2D eigenvalue weighted by Crippen LogP contribution is 2.28. The second kappa shape index (κ2) is 6.47. The molecule has 120 valence electrons. The number of hydrogen-bond donors (Lipinski definition) is 1. The van der Waals surface area contributed by atoms with Gasteiger partial charge in [-0.25, -0.2) is 13.1 Å². The van der Waals surface area contributed by atoms with Gasteiger partial charge in [-0.2, -0.15) is 0 Å². The molecule has 1 N–H and O–H groups in total. The van der Waals surface area contributed by atoms with E-state index < -0.39 is 10.0 Å². The molecule has 1 fully saturated rings. The van der Waals surface area contributed by atoms with Crippen LogP contribution in [0.5, 0.6) is 0 Å². The van der Waals surface area contributed by atoms with Gasteiger partial charge in [0.15, 0.2) is 5.76 Å². The third-order valence-electron chi connectivity index (χ3n) is 3.46. The molecule has 0 bridgehead atoms. The quantitative estimate of drug-likeness (QED) is 0.884. The van der Waals surface area contributed by atoms with Crippen molar-refractivity contribution in [3.05, 3.63) is 23.7 Å². The molecule has 0 amide bonds. The van der Waals surface area contributed by atoms with E-state index in [4.69, 9.17) is 14.0 Å². The van der Waals surface area contributed by atoms with Crippen molar-refractivity contribution in [2.45, 2.75) is 22.8 Å². The number of ether oxygens (including phenoxy) is 2. The van der Waals surface area contributed by atoms with Crippen LogP contribution >= 0.6 is 11.3 Å². The monoisotopic (exact) mass is 344 g/mol. The molecule has 1 aliphatic rings. The number of nitrogens with zero attached hydrogens (tertiary/aromatic N) is 1. The van der Waals surface area contributed by atoms with Crippen LogP contribution in [-0.4, -0.2) is 46.0 Å². The average Bonchev–Trinajstić information content (AvgIpc) is 3.18. The van der Waals surface area contributed by atoms with Crippen LogP contribution in [0.4, 0.5) is 0 Å². The van der Waals surface area contributed by atoms with Gasteiger partial charge in [0.05, 0.1) is 24.9 Å². The summed E-state index contributed by atoms with van der Waals surface area (Å²) in [6.45, 7) is 0.878. The molecule has 1 aliphatic heterocycles. The Morgan fingerprint density at radius 3 is 3.09 bits per heavy atom. The third kappa shape index (κ3) is 3.23. The zero-order valence-electron chi connectivity index (χ0n) is 11.9. The minimum Gasteiger partial charge on any atom is -0.380 e. The first-order chi connectivity index (χ1) is 10.6. The molecule has 0 aliphatic carbocycles. The maximum absolute atomic E-state index is 12.5. The Morgan fingerprint density at radius 1 is 1.50 bits per heavy atom. The number of hydrogen-bond acceptors (Lipinski definition) is 7. The first-order valence-electron chi connectivity index (χ1n) is 6.72. The number of sulfonamides is 1. The molecule has 0 aromatic carbocycles. The molecular formula is C13H16N2O5S2. The number of methoxy groups -OCH3 is 1. The molecule has 0 spiro atoms. The summed E-state index contributed by atoms with van der Waals surface area (Å²) >= 11 is 1.13. The van der Waals surface area contributed by atoms with Crippen LogP contribution in [0.2, 0.25) is 0 Å². The van der Waals surface area contributed by atoms with E-state index in [0.717, 1.165) is 11.3 Å². The smallest absolute Gasteiger partial charge is 0.250 e. The predicted molar refractivity (Wildman–Crippen MR) is 80.2 cm³/mol. The number of nitrogens with one attached hydrogen (secondary N) is 1. The Bertz CT molecular complexity index is 711. The van der Waals surface area contributed by atoms with Gasteiger partial charge in [-0.3, -0.25) is 0 Å². The molecule has 9 heteroatoms. The number of thiophene rings is 1. The standard InChI is InChI=1S/C13H16N2O5S2/c1-18-12-3-5-19-7-10(12)15-22(16,17)13-6-9(8-21-13)11-2-4-14-20-11/h2,4,6,8,10,12,15H,3,5,7H2,1H3/t10-,12-/m1/s1. The second-order valence-electron chi connectivity index (χ2n) is 4.90. The Morgan fingerprint density at radius 2 is 2.36 bits per heavy atom. The maximum Gasteiger partial charge on any atom is 0.250 e. The van der Waals surface area contributed by atoms with Crippen LogP contribution in [-0.2, 0) is 19.5 Å². The van der Waals surface area contributed by atoms with Gasteiger partial charge in [-0.15, -0.1) is 11.3 Å². The zero-order valence-corrected chi connectivity index (χ0v) is 13.5. The highest BCUT2D eigenvalue weighted by Gasteiger charge is 2.31. The number of aromatic nitrogens is 1. The van der Waals surface area contributed by atoms with Crippen molar-refractivity contribution in [1.29, 1.82) is 0 Å². The van der Waals surface area contributed by atoms with Crippen LogP contribution in [0, 0.1) is 0 Å². The van der Waals surface area contributed by atoms with E-state index in [2.05, 4.69) is 9.88 Å². The molecule has 22 heavy (non-hydrogen) atoms. The fraction of sp³-hybridized carbons (Fsp3) is 0.462. The normalized spacial score (nSPS) is 22.8. The average molecular weight is 344 g/mol. The van der Waals surface area contributed by atoms with Crippen molar-refractivity contribution in [2.75, 3.05) is 20.3 Å². The first kappa shape index (κ1) is 15.6. The first-order valence-corrected chi connectivity index (χ1v) is 9.09. The fourth-order valence-corrected chi connectivity index (χ4v) is 4.75. The van der Waals surface area contributed by atoms with Crippen molar-refractivity contribution in [1.82, 2.24) is 9.88 Å². The summed E-state index contributed by atoms with van der Waals surface area (Å²) in [7, 11) is -2.05. The zero-order chi connectivity index (χ0) is 15.6. The van der Waals surface area contributed by atoms with Gasteiger partial charge in [-0.1, -0.05) is 5.16 Å². The molecule has 2 atom stereocenters. The Hall–Kier alpha value is -1.26. The van der Waals surface area contributed by atoms with Crippen LogP contribution in [0.3, 0.4) is 0 Å². The summed E-state index contributed by atoms with van der Waals surface area (Å²) in [6.07, 6.45) is 2.00. The van der Waals surface area contributed by atoms with Gasteiger partial charge >= 0.3 is 0 Å². The van der Waals surface area contributed by atoms with E-state index in [9.17, 15) is 8.42 Å². The molecule has 0 unspecified atom stereocenters. The third-order valence-corrected chi connectivity index (χ3v) is 6.39. The van der Waals surface area contributed by atoms with Crippen molar-refractivity contribution in [2.24, 2.45) is 0 Å². The van der Waals surface area contributed by atoms with Crippen molar-refractivity contribution < 1.29 is 22.4 Å². The Labute approximate surface area is 132 Å². The largest absolute Gasteiger partial charge is 0.380 e. The molecule has 0 radical (unpaired) electrons. The molecular weight excluding hydrogens is 328 g/mol. The van der Waals surface area contributed by atoms with Crippen LogP contribution < -0.4 is 4.72 Å². The summed E-state index contributed by atoms with van der Waals surface area (Å²) in [5, 5.41) is 5.34. The summed E-state index contributed by atoms with van der Waals surface area (Å²) in [6, 6.07) is 2.86. The van der Waals surface area contributed by atoms with Crippen LogP contribution in [0.25, 0.3) is 11.3 Å². The van der Waals surface area contributed by atoms with E-state index in [1.54, 1.807) is 24.6 Å². The van der Waals surface area contributed by atoms with Crippen LogP contribution in [0.15, 0.2) is 32.4 Å². The summed E-state index contributed by atoms with van der Waals surface area (Å²) in [4.78, 5) is 0. The van der Waals surface area contributed by atoms with Gasteiger partial charge in [0.1, 0.15) is 4.21 Å². The second-order valence-corrected chi connectivity index (χ2v) is 7.75. The van der Waals surface area contributed by atoms with Crippen molar-refractivity contribution in [3.63, 3.8) is 0 Å². The molecule has 1 saturated heterocycles. The summed E-state index contributed by atoms with van der Waals surface area (Å²) in [5.41, 5.74) is 0.686. The minimum absolute atomic E-state index is 0.183. The highest BCUT2D eigenvalue weighted by atomic mass is 32.2. The van der Waals surface area contributed by atoms with Gasteiger partial charge in [0.2, 0.25) is 10.0 Å². The van der Waals surface area contributed by atoms with Gasteiger partial charge in [0, 0.05) is 30.7 Å². The van der Waals surface area contributed by atoms with Gasteiger partial charge < -0.3 is 14.0 Å². The van der Waals surface area contributed by atoms with E-state index in [1.807, 2.05) is 0 Å². The van der Waals surface area contributed by atoms with Gasteiger partial charge in [0.25, 0.3) is 0 Å². The molecule has 2 aromatic heterocycles. The Balaban J connectivity index is 1.78. The summed E-state index contributed by atoms with van der Waals surface area (Å²) < 4.78 is 43.5. The maximum atomic E-state index is 12.5. The topological polar surface area (TPSA) is 90.7 Å². The SMILES string of the molecule is CO[C@@H]1CCOC[C@H]1NS(=O)(=O)c1cc(-c2ccno2)cs1. The predicted octanol–water partition coefficient (Wildman–Crippen LogP) is 1.49. The van der Waals surface area contributed by atoms with E-state index >= 15 is 0 Å². The lowest BCUT2D eigenvalue weighted by atomic mass is 10.1. The van der Waals surface area contributed by atoms with E-state index in [0.29, 0.717) is 31.0 Å². The molecule has 0 saturated carbocycles. The fourth-order valence-electron chi connectivity index (χ4n) is 2.32. The molecule has 3 rings (SSSR count). The Kier molecular flexibility index (Phi) is 4.59. The lowest BCUT2D eigenvalue weighted by Gasteiger charge is -2.30. The minimum atomic E-state index is -3.63. The summed E-state index contributed by atoms with van der Waals surface area (Å²) in [5.74, 6) is 0.536. The lowest BCUT2D eigenvalue weighted by molar-refractivity contribution is -0.0305. The van der Waals surface area contributed by atoms with Crippen molar-refractivity contribution >= 4 is 21.4 Å². The molecule has 3 heterocycles. The van der Waals surface area contributed by atoms with Crippen molar-refractivity contribution in [3.8, 4) is 11.3 Å². The molecule has 2 aromatic rings. The lowest BCUT2D eigenvalue weighted by Crippen LogP contribution is -2.49. The highest BCUT2D eigenvalue weighted by molar-refractivity contribution is 7.91. The number of rotatable bonds is 5. The van der Waals surface area contributed by atoms with E-state index in [1.165, 1.54) is 6.20 Å². The molecule has 7 nitrogen and oxygen atoms in total.